The molecule has 31 heavy (non-hydrogen) atoms. The van der Waals surface area contributed by atoms with Gasteiger partial charge in [-0.25, -0.2) is 18.2 Å². The van der Waals surface area contributed by atoms with Crippen molar-refractivity contribution in [3.8, 4) is 0 Å². The molecule has 2 fully saturated rings. The zero-order chi connectivity index (χ0) is 22.3. The maximum absolute atomic E-state index is 12.5. The minimum Gasteiger partial charge on any atom is -0.374 e. The summed E-state index contributed by atoms with van der Waals surface area (Å²) in [4.78, 5) is 11.4. The average Bonchev–Trinajstić information content (AvgIpc) is 3.36. The fourth-order valence-electron chi connectivity index (χ4n) is 4.58. The van der Waals surface area contributed by atoms with Crippen LogP contribution in [0.2, 0.25) is 0 Å². The highest BCUT2D eigenvalue weighted by Crippen LogP contribution is 2.45. The van der Waals surface area contributed by atoms with Gasteiger partial charge in [0.05, 0.1) is 18.0 Å². The molecule has 2 saturated heterocycles. The van der Waals surface area contributed by atoms with E-state index in [9.17, 15) is 13.2 Å². The van der Waals surface area contributed by atoms with E-state index < -0.39 is 10.0 Å². The van der Waals surface area contributed by atoms with Gasteiger partial charge in [0.25, 0.3) is 0 Å². The van der Waals surface area contributed by atoms with Crippen molar-refractivity contribution in [1.29, 1.82) is 0 Å². The summed E-state index contributed by atoms with van der Waals surface area (Å²) in [6, 6.07) is 9.65. The number of unbranched alkanes of at least 4 members (excludes halogenated alkanes) is 1. The van der Waals surface area contributed by atoms with Crippen molar-refractivity contribution in [2.24, 2.45) is 11.8 Å². The molecule has 0 aromatic heterocycles. The molecule has 2 N–H and O–H groups in total. The summed E-state index contributed by atoms with van der Waals surface area (Å²) in [5.74, 6) is 0.316. The van der Waals surface area contributed by atoms with E-state index in [1.54, 1.807) is 0 Å². The molecule has 0 aliphatic carbocycles. The van der Waals surface area contributed by atoms with Crippen LogP contribution in [-0.2, 0) is 26.0 Å². The van der Waals surface area contributed by atoms with Crippen LogP contribution in [0, 0.1) is 11.8 Å². The molecule has 3 rings (SSSR count). The van der Waals surface area contributed by atoms with Crippen LogP contribution in [0.15, 0.2) is 42.5 Å². The number of benzene rings is 1. The number of carbonyl (C=O) groups excluding carboxylic acids is 1. The standard InChI is InChI=1S/C23H34N2O5S/c1-25(27)23(26)12-8-3-2-7-11-19-20(22-14-13-21(19)30-22)17-24-31(28,29)16-15-18-9-5-4-6-10-18/h2,4-7,9-10,19-22,24,27H,3,8,11-17H2,1H3/t19-,20+,21-,22+/m1/s1. The molecule has 172 valence electrons. The number of amides is 1. The number of sulfonamides is 1. The maximum Gasteiger partial charge on any atom is 0.245 e. The van der Waals surface area contributed by atoms with E-state index in [0.29, 0.717) is 36.8 Å². The Labute approximate surface area is 185 Å². The van der Waals surface area contributed by atoms with Crippen LogP contribution in [0.1, 0.15) is 44.1 Å². The number of carbonyl (C=O) groups is 1. The largest absolute Gasteiger partial charge is 0.374 e. The molecule has 0 saturated carbocycles. The van der Waals surface area contributed by atoms with E-state index >= 15 is 0 Å². The van der Waals surface area contributed by atoms with Gasteiger partial charge in [-0.1, -0.05) is 42.5 Å². The quantitative estimate of drug-likeness (QED) is 0.221. The molecule has 2 aliphatic rings. The predicted octanol–water partition coefficient (Wildman–Crippen LogP) is 2.91. The molecule has 4 atom stereocenters. The van der Waals surface area contributed by atoms with Crippen molar-refractivity contribution in [3.63, 3.8) is 0 Å². The van der Waals surface area contributed by atoms with E-state index in [1.807, 2.05) is 30.3 Å². The normalized spacial score (nSPS) is 25.4. The van der Waals surface area contributed by atoms with Crippen LogP contribution in [0.3, 0.4) is 0 Å². The van der Waals surface area contributed by atoms with Crippen LogP contribution in [0.5, 0.6) is 0 Å². The lowest BCUT2D eigenvalue weighted by Gasteiger charge is -2.27. The smallest absolute Gasteiger partial charge is 0.245 e. The Hall–Kier alpha value is -1.74. The van der Waals surface area contributed by atoms with Gasteiger partial charge >= 0.3 is 0 Å². The molecule has 0 spiro atoms. The fourth-order valence-corrected chi connectivity index (χ4v) is 5.67. The third-order valence-corrected chi connectivity index (χ3v) is 7.68. The van der Waals surface area contributed by atoms with Crippen LogP contribution in [0.25, 0.3) is 0 Å². The van der Waals surface area contributed by atoms with Crippen molar-refractivity contribution in [1.82, 2.24) is 9.79 Å². The zero-order valence-electron chi connectivity index (χ0n) is 18.2. The highest BCUT2D eigenvalue weighted by atomic mass is 32.2. The Morgan fingerprint density at radius 1 is 1.19 bits per heavy atom. The number of aryl methyl sites for hydroxylation is 1. The summed E-state index contributed by atoms with van der Waals surface area (Å²) < 4.78 is 33.9. The number of allylic oxidation sites excluding steroid dienone is 2. The van der Waals surface area contributed by atoms with Gasteiger partial charge < -0.3 is 4.74 Å². The highest BCUT2D eigenvalue weighted by molar-refractivity contribution is 7.89. The molecular weight excluding hydrogens is 416 g/mol. The minimum absolute atomic E-state index is 0.0883. The van der Waals surface area contributed by atoms with Crippen molar-refractivity contribution in [2.45, 2.75) is 57.2 Å². The summed E-state index contributed by atoms with van der Waals surface area (Å²) in [5.41, 5.74) is 1.02. The summed E-state index contributed by atoms with van der Waals surface area (Å²) in [6.45, 7) is 0.425. The lowest BCUT2D eigenvalue weighted by molar-refractivity contribution is -0.159. The monoisotopic (exact) mass is 450 g/mol. The van der Waals surface area contributed by atoms with Gasteiger partial charge in [0.2, 0.25) is 15.9 Å². The van der Waals surface area contributed by atoms with Crippen molar-refractivity contribution >= 4 is 15.9 Å². The third kappa shape index (κ3) is 7.14. The van der Waals surface area contributed by atoms with Crippen LogP contribution >= 0.6 is 0 Å². The average molecular weight is 451 g/mol. The first-order valence-corrected chi connectivity index (χ1v) is 12.8. The van der Waals surface area contributed by atoms with Gasteiger partial charge in [-0.15, -0.1) is 0 Å². The lowest BCUT2D eigenvalue weighted by atomic mass is 9.77. The minimum atomic E-state index is -3.34. The van der Waals surface area contributed by atoms with Crippen LogP contribution in [0.4, 0.5) is 0 Å². The van der Waals surface area contributed by atoms with Crippen LogP contribution in [-0.4, -0.2) is 56.1 Å². The topological polar surface area (TPSA) is 95.9 Å². The summed E-state index contributed by atoms with van der Waals surface area (Å²) in [5, 5.41) is 9.69. The number of rotatable bonds is 12. The first-order valence-electron chi connectivity index (χ1n) is 11.1. The third-order valence-electron chi connectivity index (χ3n) is 6.33. The lowest BCUT2D eigenvalue weighted by Crippen LogP contribution is -2.39. The second-order valence-electron chi connectivity index (χ2n) is 8.54. The number of hydrogen-bond donors (Lipinski definition) is 2. The molecule has 1 aromatic carbocycles. The van der Waals surface area contributed by atoms with Gasteiger partial charge in [0.15, 0.2) is 0 Å². The highest BCUT2D eigenvalue weighted by Gasteiger charge is 2.48. The first kappa shape index (κ1) is 23.9. The van der Waals surface area contributed by atoms with Crippen molar-refractivity contribution < 1.29 is 23.2 Å². The Balaban J connectivity index is 1.44. The Morgan fingerprint density at radius 2 is 1.90 bits per heavy atom. The van der Waals surface area contributed by atoms with Gasteiger partial charge in [-0.3, -0.25) is 10.0 Å². The Morgan fingerprint density at radius 3 is 2.61 bits per heavy atom. The van der Waals surface area contributed by atoms with E-state index in [-0.39, 0.29) is 29.8 Å². The number of hydroxylamine groups is 2. The molecular formula is C23H34N2O5S. The summed E-state index contributed by atoms with van der Waals surface area (Å²) >= 11 is 0. The molecule has 7 nitrogen and oxygen atoms in total. The molecule has 2 heterocycles. The van der Waals surface area contributed by atoms with E-state index in [4.69, 9.17) is 9.94 Å². The molecule has 1 aromatic rings. The van der Waals surface area contributed by atoms with Gasteiger partial charge in [-0.2, -0.15) is 0 Å². The number of fused-ring (bicyclic) bond motifs is 2. The predicted molar refractivity (Wildman–Crippen MR) is 119 cm³/mol. The van der Waals surface area contributed by atoms with E-state index in [1.165, 1.54) is 7.05 Å². The maximum atomic E-state index is 12.5. The second-order valence-corrected chi connectivity index (χ2v) is 10.5. The van der Waals surface area contributed by atoms with E-state index in [2.05, 4.69) is 16.9 Å². The number of hydrogen-bond acceptors (Lipinski definition) is 5. The number of nitrogens with zero attached hydrogens (tertiary/aromatic N) is 1. The summed E-state index contributed by atoms with van der Waals surface area (Å²) in [6.07, 6.45) is 9.72. The Kier molecular flexibility index (Phi) is 8.66. The molecule has 2 bridgehead atoms. The van der Waals surface area contributed by atoms with Crippen molar-refractivity contribution in [2.75, 3.05) is 19.3 Å². The van der Waals surface area contributed by atoms with Gasteiger partial charge in [0, 0.05) is 25.9 Å². The zero-order valence-corrected chi connectivity index (χ0v) is 19.0. The molecule has 8 heteroatoms. The van der Waals surface area contributed by atoms with Gasteiger partial charge in [-0.05, 0) is 50.0 Å². The molecule has 0 radical (unpaired) electrons. The molecule has 0 unspecified atom stereocenters. The first-order chi connectivity index (χ1) is 14.9. The molecule has 2 aliphatic heterocycles. The van der Waals surface area contributed by atoms with E-state index in [0.717, 1.165) is 31.2 Å². The number of nitrogens with one attached hydrogen (secondary N) is 1. The SMILES string of the molecule is CN(O)C(=O)CCCC=CC[C@@H]1[C@H](CNS(=O)(=O)CCc2ccccc2)[C@@H]2CC[C@H]1O2. The fraction of sp³-hybridized carbons (Fsp3) is 0.609. The van der Waals surface area contributed by atoms with Gasteiger partial charge in [0.1, 0.15) is 0 Å². The van der Waals surface area contributed by atoms with Crippen molar-refractivity contribution in [3.05, 3.63) is 48.0 Å². The second kappa shape index (κ2) is 11.2. The molecule has 1 amide bonds. The van der Waals surface area contributed by atoms with Crippen LogP contribution < -0.4 is 4.72 Å². The summed E-state index contributed by atoms with van der Waals surface area (Å²) in [7, 11) is -2.00. The number of ether oxygens (including phenoxy) is 1. The Bertz CT molecular complexity index is 841.